The average molecular weight is 569 g/mol. The van der Waals surface area contributed by atoms with Crippen LogP contribution in [-0.2, 0) is 37.1 Å². The number of rotatable bonds is 7. The average Bonchev–Trinajstić information content (AvgIpc) is 3.56. The Morgan fingerprint density at radius 3 is 2.51 bits per heavy atom. The van der Waals surface area contributed by atoms with Crippen LogP contribution in [0.25, 0.3) is 5.00 Å². The summed E-state index contributed by atoms with van der Waals surface area (Å²) in [7, 11) is 0. The Bertz CT molecular complexity index is 1320. The molecular weight excluding hydrogens is 528 g/mol. The number of hydrogen-bond acceptors (Lipinski definition) is 6. The molecule has 0 fully saturated rings. The van der Waals surface area contributed by atoms with Gasteiger partial charge in [0.2, 0.25) is 0 Å². The number of urea groups is 1. The fraction of sp³-hybridized carbons (Fsp3) is 0.533. The number of nitrogens with one attached hydrogen (secondary N) is 2. The van der Waals surface area contributed by atoms with Crippen LogP contribution in [0.5, 0.6) is 0 Å². The maximum atomic E-state index is 13.3. The van der Waals surface area contributed by atoms with Gasteiger partial charge in [-0.05, 0) is 89.1 Å². The summed E-state index contributed by atoms with van der Waals surface area (Å²) in [5.41, 5.74) is 3.55. The Morgan fingerprint density at radius 1 is 1.00 bits per heavy atom. The van der Waals surface area contributed by atoms with Crippen LogP contribution in [0.15, 0.2) is 24.5 Å². The second-order valence-corrected chi connectivity index (χ2v) is 13.7. The van der Waals surface area contributed by atoms with Crippen molar-refractivity contribution in [1.29, 1.82) is 0 Å². The normalized spacial score (nSPS) is 15.8. The number of anilines is 1. The lowest BCUT2D eigenvalue weighted by Crippen LogP contribution is -2.32. The van der Waals surface area contributed by atoms with Crippen molar-refractivity contribution in [2.45, 2.75) is 91.3 Å². The quantitative estimate of drug-likeness (QED) is 0.240. The van der Waals surface area contributed by atoms with Crippen LogP contribution in [0.2, 0.25) is 0 Å². The molecule has 0 bridgehead atoms. The fourth-order valence-corrected chi connectivity index (χ4v) is 8.21. The van der Waals surface area contributed by atoms with Gasteiger partial charge in [-0.1, -0.05) is 13.3 Å². The fourth-order valence-electron chi connectivity index (χ4n) is 5.57. The molecule has 5 rings (SSSR count). The van der Waals surface area contributed by atoms with Crippen molar-refractivity contribution in [2.75, 3.05) is 18.4 Å². The third-order valence-corrected chi connectivity index (χ3v) is 9.76. The molecule has 2 N–H and O–H groups in total. The van der Waals surface area contributed by atoms with E-state index in [0.717, 1.165) is 70.1 Å². The van der Waals surface area contributed by atoms with Gasteiger partial charge in [0.25, 0.3) is 0 Å². The Hall–Kier alpha value is -2.62. The summed E-state index contributed by atoms with van der Waals surface area (Å²) < 4.78 is 7.92. The van der Waals surface area contributed by atoms with E-state index in [-0.39, 0.29) is 12.0 Å². The Kier molecular flexibility index (Phi) is 8.49. The minimum Gasteiger partial charge on any atom is -0.456 e. The van der Waals surface area contributed by atoms with E-state index in [4.69, 9.17) is 4.74 Å². The number of aromatic nitrogens is 1. The zero-order chi connectivity index (χ0) is 27.6. The first-order valence-corrected chi connectivity index (χ1v) is 15.8. The monoisotopic (exact) mass is 568 g/mol. The van der Waals surface area contributed by atoms with Crippen LogP contribution >= 0.6 is 22.7 Å². The molecule has 0 saturated heterocycles. The Labute approximate surface area is 239 Å². The molecule has 2 amide bonds. The number of ether oxygens (including phenoxy) is 1. The van der Waals surface area contributed by atoms with E-state index in [1.807, 2.05) is 44.2 Å². The largest absolute Gasteiger partial charge is 0.456 e. The first-order valence-electron chi connectivity index (χ1n) is 14.2. The first-order chi connectivity index (χ1) is 18.7. The third-order valence-electron chi connectivity index (χ3n) is 7.28. The van der Waals surface area contributed by atoms with Crippen molar-refractivity contribution in [3.63, 3.8) is 0 Å². The summed E-state index contributed by atoms with van der Waals surface area (Å²) in [6.07, 6.45) is 11.4. The number of thiophene rings is 2. The number of carbonyl (C=O) groups excluding carboxylic acids is 2. The van der Waals surface area contributed by atoms with E-state index >= 15 is 0 Å². The van der Waals surface area contributed by atoms with Gasteiger partial charge in [-0.25, -0.2) is 9.59 Å². The van der Waals surface area contributed by atoms with Gasteiger partial charge >= 0.3 is 12.0 Å². The van der Waals surface area contributed by atoms with Crippen molar-refractivity contribution in [1.82, 2.24) is 14.8 Å². The summed E-state index contributed by atoms with van der Waals surface area (Å²) in [5, 5.41) is 7.91. The molecule has 0 atom stereocenters. The van der Waals surface area contributed by atoms with Gasteiger partial charge in [0.15, 0.2) is 0 Å². The molecule has 4 heterocycles. The van der Waals surface area contributed by atoms with Crippen LogP contribution in [-0.4, -0.2) is 40.2 Å². The highest BCUT2D eigenvalue weighted by Gasteiger charge is 2.30. The smallest absolute Gasteiger partial charge is 0.341 e. The molecule has 39 heavy (non-hydrogen) atoms. The highest BCUT2D eigenvalue weighted by atomic mass is 32.1. The number of esters is 1. The standard InChI is InChI=1S/C30H40N4O3S2/c1-5-14-33-17-13-20-22(27(39-24(20)19-33)34-15-9-10-16-34)18-31-29(36)32-26-25(28(35)37-30(2,3)4)21-11-7-6-8-12-23(21)38-26/h9-10,15-16H,5-8,11-14,17-19H2,1-4H3,(H2,31,32,36). The third kappa shape index (κ3) is 6.42. The number of amides is 2. The van der Waals surface area contributed by atoms with Crippen molar-refractivity contribution in [2.24, 2.45) is 0 Å². The number of fused-ring (bicyclic) bond motifs is 2. The van der Waals surface area contributed by atoms with Gasteiger partial charge in [0, 0.05) is 47.3 Å². The van der Waals surface area contributed by atoms with E-state index in [2.05, 4.69) is 39.4 Å². The summed E-state index contributed by atoms with van der Waals surface area (Å²) in [6.45, 7) is 11.4. The second-order valence-electron chi connectivity index (χ2n) is 11.5. The van der Waals surface area contributed by atoms with E-state index < -0.39 is 5.60 Å². The van der Waals surface area contributed by atoms with Gasteiger partial charge in [-0.3, -0.25) is 10.2 Å². The highest BCUT2D eigenvalue weighted by Crippen LogP contribution is 2.39. The molecule has 3 aromatic rings. The number of aryl methyl sites for hydroxylation is 1. The molecule has 1 aliphatic heterocycles. The van der Waals surface area contributed by atoms with E-state index in [0.29, 0.717) is 17.1 Å². The Balaban J connectivity index is 1.36. The Morgan fingerprint density at radius 2 is 1.77 bits per heavy atom. The molecule has 3 aromatic heterocycles. The van der Waals surface area contributed by atoms with Crippen LogP contribution in [0, 0.1) is 0 Å². The maximum absolute atomic E-state index is 13.3. The number of hydrogen-bond donors (Lipinski definition) is 2. The summed E-state index contributed by atoms with van der Waals surface area (Å²) in [4.78, 5) is 31.6. The molecule has 0 aromatic carbocycles. The molecule has 0 radical (unpaired) electrons. The van der Waals surface area contributed by atoms with Crippen molar-refractivity contribution >= 4 is 39.7 Å². The molecule has 0 spiro atoms. The molecule has 210 valence electrons. The maximum Gasteiger partial charge on any atom is 0.341 e. The van der Waals surface area contributed by atoms with Gasteiger partial charge in [-0.2, -0.15) is 0 Å². The predicted molar refractivity (Wildman–Crippen MR) is 160 cm³/mol. The molecule has 1 aliphatic carbocycles. The zero-order valence-corrected chi connectivity index (χ0v) is 25.2. The van der Waals surface area contributed by atoms with Gasteiger partial charge < -0.3 is 14.6 Å². The van der Waals surface area contributed by atoms with E-state index in [1.165, 1.54) is 37.2 Å². The molecule has 0 saturated carbocycles. The molecule has 2 aliphatic rings. The summed E-state index contributed by atoms with van der Waals surface area (Å²) >= 11 is 3.36. The van der Waals surface area contributed by atoms with Crippen molar-refractivity contribution < 1.29 is 14.3 Å². The van der Waals surface area contributed by atoms with Crippen LogP contribution in [0.4, 0.5) is 9.80 Å². The van der Waals surface area contributed by atoms with Crippen LogP contribution in [0.1, 0.15) is 90.2 Å². The molecule has 7 nitrogen and oxygen atoms in total. The predicted octanol–water partition coefficient (Wildman–Crippen LogP) is 6.91. The summed E-state index contributed by atoms with van der Waals surface area (Å²) in [6, 6.07) is 3.77. The van der Waals surface area contributed by atoms with E-state index in [9.17, 15) is 9.59 Å². The molecule has 0 unspecified atom stereocenters. The second kappa shape index (κ2) is 11.9. The van der Waals surface area contributed by atoms with Crippen molar-refractivity contribution in [3.8, 4) is 5.00 Å². The minimum absolute atomic E-state index is 0.293. The van der Waals surface area contributed by atoms with Gasteiger partial charge in [-0.15, -0.1) is 22.7 Å². The topological polar surface area (TPSA) is 75.6 Å². The van der Waals surface area contributed by atoms with Crippen molar-refractivity contribution in [3.05, 3.63) is 56.5 Å². The lowest BCUT2D eigenvalue weighted by Gasteiger charge is -2.26. The lowest BCUT2D eigenvalue weighted by atomic mass is 10.0. The molecular formula is C30H40N4O3S2. The number of nitrogens with zero attached hydrogens (tertiary/aromatic N) is 2. The van der Waals surface area contributed by atoms with Crippen LogP contribution < -0.4 is 10.6 Å². The zero-order valence-electron chi connectivity index (χ0n) is 23.5. The highest BCUT2D eigenvalue weighted by molar-refractivity contribution is 7.17. The summed E-state index contributed by atoms with van der Waals surface area (Å²) in [5.74, 6) is -0.351. The minimum atomic E-state index is -0.601. The molecule has 9 heteroatoms. The number of carbonyl (C=O) groups is 2. The lowest BCUT2D eigenvalue weighted by molar-refractivity contribution is 0.00700. The van der Waals surface area contributed by atoms with Crippen LogP contribution in [0.3, 0.4) is 0 Å². The van der Waals surface area contributed by atoms with E-state index in [1.54, 1.807) is 0 Å². The van der Waals surface area contributed by atoms with Gasteiger partial charge in [0.05, 0.1) is 5.56 Å². The first kappa shape index (κ1) is 27.9. The SMILES string of the molecule is CCCN1CCc2c(sc(-n3cccc3)c2CNC(=O)Nc2sc3c(c2C(=O)OC(C)(C)C)CCCCC3)C1. The van der Waals surface area contributed by atoms with Gasteiger partial charge in [0.1, 0.15) is 15.6 Å².